The van der Waals surface area contributed by atoms with Crippen LogP contribution in [0.3, 0.4) is 0 Å². The zero-order valence-electron chi connectivity index (χ0n) is 28.0. The summed E-state index contributed by atoms with van der Waals surface area (Å²) in [4.78, 5) is 41.4. The molecule has 2 aromatic heterocycles. The third kappa shape index (κ3) is 5.66. The van der Waals surface area contributed by atoms with Crippen LogP contribution in [0.25, 0.3) is 16.5 Å². The Balaban J connectivity index is 1.20. The van der Waals surface area contributed by atoms with E-state index in [0.29, 0.717) is 41.9 Å². The lowest BCUT2D eigenvalue weighted by atomic mass is 9.82. The molecule has 2 aliphatic rings. The van der Waals surface area contributed by atoms with Gasteiger partial charge in [-0.3, -0.25) is 14.3 Å². The Labute approximate surface area is 284 Å². The van der Waals surface area contributed by atoms with Crippen molar-refractivity contribution in [1.29, 1.82) is 0 Å². The molecule has 2 N–H and O–H groups in total. The first kappa shape index (κ1) is 32.8. The highest BCUT2D eigenvalue weighted by atomic mass is 28.4. The van der Waals surface area contributed by atoms with E-state index < -0.39 is 20.0 Å². The van der Waals surface area contributed by atoms with Gasteiger partial charge in [0, 0.05) is 48.2 Å². The van der Waals surface area contributed by atoms with Crippen molar-refractivity contribution in [2.45, 2.75) is 63.2 Å². The Morgan fingerprint density at radius 1 is 1.06 bits per heavy atom. The third-order valence-electron chi connectivity index (χ3n) is 10.0. The normalized spacial score (nSPS) is 22.0. The second kappa shape index (κ2) is 12.6. The van der Waals surface area contributed by atoms with Crippen LogP contribution in [-0.4, -0.2) is 68.7 Å². The van der Waals surface area contributed by atoms with Gasteiger partial charge in [0.05, 0.1) is 48.4 Å². The van der Waals surface area contributed by atoms with Crippen molar-refractivity contribution >= 4 is 30.7 Å². The summed E-state index contributed by atoms with van der Waals surface area (Å²) in [6, 6.07) is 20.4. The summed E-state index contributed by atoms with van der Waals surface area (Å²) in [5.74, 6) is 0.0960. The van der Waals surface area contributed by atoms with Crippen LogP contribution in [-0.2, 0) is 34.6 Å². The van der Waals surface area contributed by atoms with Crippen LogP contribution in [0.4, 0.5) is 5.69 Å². The minimum absolute atomic E-state index is 0.00976. The highest BCUT2D eigenvalue weighted by molar-refractivity contribution is 6.71. The number of aliphatic hydroxyl groups excluding tert-OH is 1. The predicted octanol–water partition coefficient (Wildman–Crippen LogP) is 3.96. The second-order valence-electron chi connectivity index (χ2n) is 13.5. The van der Waals surface area contributed by atoms with Crippen molar-refractivity contribution in [3.8, 4) is 11.4 Å². The summed E-state index contributed by atoms with van der Waals surface area (Å²) in [5, 5.41) is 23.4. The number of aryl methyl sites for hydroxylation is 1. The number of ether oxygens (including phenoxy) is 2. The van der Waals surface area contributed by atoms with Gasteiger partial charge in [0.15, 0.2) is 13.9 Å². The van der Waals surface area contributed by atoms with E-state index in [1.54, 1.807) is 35.2 Å². The summed E-state index contributed by atoms with van der Waals surface area (Å²) in [6.45, 7) is 6.57. The SMILES string of the molecule is COc1ccc2c(c1)[C@]1(O[C@@H](CCn3cc(CCO)nn3)[C@H]([Si](C)(C)O)[C@H]1C)C(=O)N2Cc1ccc(-n2ncc3ccccc3c2=O)cc1. The molecule has 1 amide bonds. The molecule has 1 spiro atoms. The number of aliphatic hydroxyl groups is 1. The molecule has 4 heterocycles. The molecule has 4 atom stereocenters. The van der Waals surface area contributed by atoms with Gasteiger partial charge in [-0.25, -0.2) is 0 Å². The molecule has 49 heavy (non-hydrogen) atoms. The fraction of sp³-hybridized carbons (Fsp3) is 0.361. The minimum atomic E-state index is -2.86. The van der Waals surface area contributed by atoms with Crippen LogP contribution < -0.4 is 15.2 Å². The van der Waals surface area contributed by atoms with Gasteiger partial charge in [-0.2, -0.15) is 9.78 Å². The van der Waals surface area contributed by atoms with Crippen LogP contribution >= 0.6 is 0 Å². The molecule has 0 bridgehead atoms. The molecule has 1 fully saturated rings. The smallest absolute Gasteiger partial charge is 0.279 e. The van der Waals surface area contributed by atoms with Crippen molar-refractivity contribution in [2.24, 2.45) is 5.92 Å². The number of carbonyl (C=O) groups excluding carboxylic acids is 1. The number of aromatic nitrogens is 5. The summed E-state index contributed by atoms with van der Waals surface area (Å²) < 4.78 is 15.7. The van der Waals surface area contributed by atoms with E-state index >= 15 is 0 Å². The molecule has 12 nitrogen and oxygen atoms in total. The van der Waals surface area contributed by atoms with E-state index in [9.17, 15) is 19.5 Å². The fourth-order valence-corrected chi connectivity index (χ4v) is 10.3. The van der Waals surface area contributed by atoms with Gasteiger partial charge in [-0.15, -0.1) is 5.10 Å². The molecular formula is C36H40N6O6Si. The molecule has 1 saturated heterocycles. The van der Waals surface area contributed by atoms with Gasteiger partial charge in [0.2, 0.25) is 0 Å². The molecule has 0 saturated carbocycles. The van der Waals surface area contributed by atoms with Crippen molar-refractivity contribution in [1.82, 2.24) is 24.8 Å². The Morgan fingerprint density at radius 2 is 1.84 bits per heavy atom. The van der Waals surface area contributed by atoms with E-state index in [2.05, 4.69) is 15.4 Å². The van der Waals surface area contributed by atoms with Crippen molar-refractivity contribution in [2.75, 3.05) is 18.6 Å². The summed E-state index contributed by atoms with van der Waals surface area (Å²) in [5.41, 5.74) is 1.88. The molecule has 0 unspecified atom stereocenters. The zero-order chi connectivity index (χ0) is 34.5. The van der Waals surface area contributed by atoms with E-state index in [1.165, 1.54) is 4.68 Å². The standard InChI is InChI=1S/C36H40N6O6Si/c1-23-33(49(3,4)46)32(15-17-40-22-26(16-18-43)38-39-40)48-36(23)30-19-28(47-2)13-14-31(30)41(35(36)45)21-24-9-11-27(12-10-24)42-34(44)29-8-6-5-7-25(29)20-37-42/h5-14,19-20,22-23,32-33,43,46H,15-18,21H2,1-4H3/t23-,32+,33-,36+/m1/s1. The van der Waals surface area contributed by atoms with Crippen LogP contribution in [0, 0.1) is 5.92 Å². The molecule has 13 heteroatoms. The summed E-state index contributed by atoms with van der Waals surface area (Å²) in [6.07, 6.45) is 4.01. The number of fused-ring (bicyclic) bond motifs is 3. The third-order valence-corrected chi connectivity index (χ3v) is 12.5. The van der Waals surface area contributed by atoms with Gasteiger partial charge >= 0.3 is 0 Å². The maximum atomic E-state index is 14.8. The maximum absolute atomic E-state index is 14.8. The van der Waals surface area contributed by atoms with E-state index in [-0.39, 0.29) is 36.1 Å². The Morgan fingerprint density at radius 3 is 2.57 bits per heavy atom. The number of nitrogens with zero attached hydrogens (tertiary/aromatic N) is 6. The van der Waals surface area contributed by atoms with Crippen LogP contribution in [0.1, 0.15) is 30.2 Å². The first-order valence-corrected chi connectivity index (χ1v) is 19.5. The number of methoxy groups -OCH3 is 1. The lowest BCUT2D eigenvalue weighted by Gasteiger charge is -2.32. The monoisotopic (exact) mass is 680 g/mol. The molecule has 0 aliphatic carbocycles. The van der Waals surface area contributed by atoms with Crippen molar-refractivity contribution in [3.05, 3.63) is 106 Å². The van der Waals surface area contributed by atoms with Crippen molar-refractivity contribution < 1.29 is 24.2 Å². The average Bonchev–Trinajstić information content (AvgIpc) is 3.74. The molecule has 2 aliphatic heterocycles. The Kier molecular flexibility index (Phi) is 8.47. The first-order chi connectivity index (χ1) is 23.5. The number of hydrogen-bond acceptors (Lipinski definition) is 9. The first-order valence-electron chi connectivity index (χ1n) is 16.5. The Bertz CT molecular complexity index is 2080. The number of carbonyl (C=O) groups is 1. The van der Waals surface area contributed by atoms with E-state index in [0.717, 1.165) is 22.2 Å². The second-order valence-corrected chi connectivity index (χ2v) is 17.5. The predicted molar refractivity (Wildman–Crippen MR) is 186 cm³/mol. The number of benzene rings is 3. The lowest BCUT2D eigenvalue weighted by molar-refractivity contribution is -0.146. The highest BCUT2D eigenvalue weighted by Gasteiger charge is 2.66. The van der Waals surface area contributed by atoms with E-state index in [1.807, 2.05) is 80.7 Å². The van der Waals surface area contributed by atoms with Crippen molar-refractivity contribution in [3.63, 3.8) is 0 Å². The summed E-state index contributed by atoms with van der Waals surface area (Å²) >= 11 is 0. The molecule has 254 valence electrons. The molecule has 5 aromatic rings. The summed E-state index contributed by atoms with van der Waals surface area (Å²) in [7, 11) is -1.26. The maximum Gasteiger partial charge on any atom is 0.279 e. The Hall–Kier alpha value is -4.69. The number of amides is 1. The quantitative estimate of drug-likeness (QED) is 0.210. The van der Waals surface area contributed by atoms with E-state index in [4.69, 9.17) is 9.47 Å². The van der Waals surface area contributed by atoms with Gasteiger partial charge in [-0.1, -0.05) is 42.5 Å². The molecule has 7 rings (SSSR count). The largest absolute Gasteiger partial charge is 0.497 e. The molecule has 3 aromatic carbocycles. The van der Waals surface area contributed by atoms with Gasteiger partial charge in [0.1, 0.15) is 5.75 Å². The van der Waals surface area contributed by atoms with Gasteiger partial charge < -0.3 is 24.3 Å². The highest BCUT2D eigenvalue weighted by Crippen LogP contribution is 2.60. The zero-order valence-corrected chi connectivity index (χ0v) is 29.0. The minimum Gasteiger partial charge on any atom is -0.497 e. The molecular weight excluding hydrogens is 641 g/mol. The van der Waals surface area contributed by atoms with Gasteiger partial charge in [0.25, 0.3) is 11.5 Å². The fourth-order valence-electron chi connectivity index (χ4n) is 7.75. The topological polar surface area (TPSA) is 145 Å². The van der Waals surface area contributed by atoms with Crippen LogP contribution in [0.5, 0.6) is 5.75 Å². The lowest BCUT2D eigenvalue weighted by Crippen LogP contribution is -2.46. The van der Waals surface area contributed by atoms with Gasteiger partial charge in [-0.05, 0) is 61.5 Å². The number of anilines is 1. The van der Waals surface area contributed by atoms with Crippen LogP contribution in [0.15, 0.2) is 83.9 Å². The van der Waals surface area contributed by atoms with Crippen LogP contribution in [0.2, 0.25) is 18.6 Å². The number of hydrogen-bond donors (Lipinski definition) is 2. The average molecular weight is 681 g/mol. The number of rotatable bonds is 10. The molecule has 0 radical (unpaired) electrons.